The van der Waals surface area contributed by atoms with Crippen molar-refractivity contribution in [3.63, 3.8) is 0 Å². The summed E-state index contributed by atoms with van der Waals surface area (Å²) in [7, 11) is 0. The molecule has 0 amide bonds. The highest BCUT2D eigenvalue weighted by molar-refractivity contribution is 7.26. The Balaban J connectivity index is 1.25. The first-order chi connectivity index (χ1) is 29.6. The Morgan fingerprint density at radius 1 is 0.283 bits per heavy atom. The average Bonchev–Trinajstić information content (AvgIpc) is 3.89. The van der Waals surface area contributed by atoms with E-state index >= 15 is 0 Å². The lowest BCUT2D eigenvalue weighted by atomic mass is 9.83. The van der Waals surface area contributed by atoms with E-state index < -0.39 is 0 Å². The number of nitrogens with zero attached hydrogens (tertiary/aromatic N) is 2. The maximum absolute atomic E-state index is 10.3. The molecule has 2 heterocycles. The van der Waals surface area contributed by atoms with Crippen LogP contribution in [0.4, 0.5) is 0 Å². The first kappa shape index (κ1) is 35.6. The molecule has 9 aromatic carbocycles. The number of hydrogen-bond acceptors (Lipinski definition) is 4. The molecule has 0 atom stereocenters. The number of nitriles is 2. The molecule has 278 valence electrons. The zero-order valence-corrected chi connectivity index (χ0v) is 33.8. The number of thiophene rings is 2. The summed E-state index contributed by atoms with van der Waals surface area (Å²) in [6, 6.07) is 73.5. The van der Waals surface area contributed by atoms with E-state index in [1.807, 2.05) is 71.2 Å². The normalized spacial score (nSPS) is 11.3. The molecule has 0 saturated heterocycles. The van der Waals surface area contributed by atoms with Gasteiger partial charge in [0.1, 0.15) is 0 Å². The van der Waals surface area contributed by atoms with Gasteiger partial charge in [0.2, 0.25) is 0 Å². The van der Waals surface area contributed by atoms with Crippen LogP contribution in [0.5, 0.6) is 0 Å². The van der Waals surface area contributed by atoms with Crippen LogP contribution in [0.1, 0.15) is 11.1 Å². The summed E-state index contributed by atoms with van der Waals surface area (Å²) in [5.41, 5.74) is 13.6. The van der Waals surface area contributed by atoms with Gasteiger partial charge in [-0.25, -0.2) is 0 Å². The fraction of sp³-hybridized carbons (Fsp3) is 0. The number of benzene rings is 9. The molecule has 0 fully saturated rings. The Morgan fingerprint density at radius 3 is 1.22 bits per heavy atom. The van der Waals surface area contributed by atoms with Crippen molar-refractivity contribution >= 4 is 63.0 Å². The Kier molecular flexibility index (Phi) is 8.68. The van der Waals surface area contributed by atoms with Crippen LogP contribution in [0.25, 0.3) is 107 Å². The highest BCUT2D eigenvalue weighted by atomic mass is 32.1. The molecule has 0 unspecified atom stereocenters. The van der Waals surface area contributed by atoms with Crippen LogP contribution >= 0.6 is 22.7 Å². The fourth-order valence-electron chi connectivity index (χ4n) is 8.74. The van der Waals surface area contributed by atoms with Gasteiger partial charge in [-0.05, 0) is 146 Å². The summed E-state index contributed by atoms with van der Waals surface area (Å²) < 4.78 is 5.07. The van der Waals surface area contributed by atoms with Gasteiger partial charge in [-0.1, -0.05) is 115 Å². The summed E-state index contributed by atoms with van der Waals surface area (Å²) in [5.74, 6) is 0. The first-order valence-electron chi connectivity index (χ1n) is 19.8. The van der Waals surface area contributed by atoms with E-state index in [-0.39, 0.29) is 0 Å². The van der Waals surface area contributed by atoms with Crippen LogP contribution in [0.2, 0.25) is 0 Å². The molecule has 0 aliphatic heterocycles. The van der Waals surface area contributed by atoms with E-state index in [0.29, 0.717) is 11.1 Å². The molecule has 11 aromatic rings. The molecular formula is C56H32N2S2. The minimum Gasteiger partial charge on any atom is -0.192 e. The summed E-state index contributed by atoms with van der Waals surface area (Å²) in [6.45, 7) is 0. The second kappa shape index (κ2) is 14.7. The van der Waals surface area contributed by atoms with Gasteiger partial charge in [-0.15, -0.1) is 22.7 Å². The smallest absolute Gasteiger partial charge is 0.0998 e. The Labute approximate surface area is 355 Å². The van der Waals surface area contributed by atoms with Crippen LogP contribution in [0, 0.1) is 22.7 Å². The molecule has 4 heteroatoms. The minimum absolute atomic E-state index is 0.600. The standard InChI is InChI=1S/C56H32N2S2/c57-33-38-14-4-6-16-44(38)42-26-40(27-43(28-42)45-17-7-5-15-39(45)34-58)41-31-48(36-22-24-54-50(29-36)46-18-8-10-20-52(46)59-54)56(35-12-2-1-3-13-35)49(32-41)37-23-25-55-51(30-37)47-19-9-11-21-53(47)60-55/h1-32H. The summed E-state index contributed by atoms with van der Waals surface area (Å²) in [4.78, 5) is 0. The third-order valence-electron chi connectivity index (χ3n) is 11.6. The van der Waals surface area contributed by atoms with Gasteiger partial charge < -0.3 is 0 Å². The van der Waals surface area contributed by atoms with Gasteiger partial charge >= 0.3 is 0 Å². The quantitative estimate of drug-likeness (QED) is 0.168. The van der Waals surface area contributed by atoms with Gasteiger partial charge in [0.15, 0.2) is 0 Å². The van der Waals surface area contributed by atoms with E-state index in [9.17, 15) is 10.5 Å². The topological polar surface area (TPSA) is 47.6 Å². The predicted octanol–water partition coefficient (Wildman–Crippen LogP) is 16.2. The van der Waals surface area contributed by atoms with Crippen LogP contribution in [-0.4, -0.2) is 0 Å². The van der Waals surface area contributed by atoms with E-state index in [1.54, 1.807) is 0 Å². The zero-order chi connectivity index (χ0) is 40.2. The maximum Gasteiger partial charge on any atom is 0.0998 e. The molecule has 0 saturated carbocycles. The maximum atomic E-state index is 10.3. The minimum atomic E-state index is 0.600. The third-order valence-corrected chi connectivity index (χ3v) is 13.9. The third kappa shape index (κ3) is 6.07. The van der Waals surface area contributed by atoms with Gasteiger partial charge in [0, 0.05) is 40.3 Å². The zero-order valence-electron chi connectivity index (χ0n) is 32.2. The Bertz CT molecular complexity index is 3370. The van der Waals surface area contributed by atoms with Crippen molar-refractivity contribution in [2.45, 2.75) is 0 Å². The highest BCUT2D eigenvalue weighted by Gasteiger charge is 2.21. The average molecular weight is 797 g/mol. The van der Waals surface area contributed by atoms with Crippen molar-refractivity contribution < 1.29 is 0 Å². The van der Waals surface area contributed by atoms with Gasteiger partial charge in [0.25, 0.3) is 0 Å². The van der Waals surface area contributed by atoms with Gasteiger partial charge in [0.05, 0.1) is 23.3 Å². The second-order valence-corrected chi connectivity index (χ2v) is 17.2. The van der Waals surface area contributed by atoms with Crippen LogP contribution in [0.3, 0.4) is 0 Å². The monoisotopic (exact) mass is 796 g/mol. The van der Waals surface area contributed by atoms with Crippen LogP contribution in [0.15, 0.2) is 194 Å². The molecule has 11 rings (SSSR count). The largest absolute Gasteiger partial charge is 0.192 e. The number of hydrogen-bond donors (Lipinski definition) is 0. The Morgan fingerprint density at radius 2 is 0.700 bits per heavy atom. The Hall–Kier alpha value is -7.60. The van der Waals surface area contributed by atoms with Gasteiger partial charge in [-0.3, -0.25) is 0 Å². The van der Waals surface area contributed by atoms with Crippen molar-refractivity contribution in [1.29, 1.82) is 10.5 Å². The lowest BCUT2D eigenvalue weighted by Crippen LogP contribution is -1.94. The lowest BCUT2D eigenvalue weighted by molar-refractivity contribution is 1.46. The lowest BCUT2D eigenvalue weighted by Gasteiger charge is -2.20. The predicted molar refractivity (Wildman–Crippen MR) is 254 cm³/mol. The van der Waals surface area contributed by atoms with Crippen LogP contribution in [-0.2, 0) is 0 Å². The van der Waals surface area contributed by atoms with E-state index in [0.717, 1.165) is 66.8 Å². The molecule has 0 N–H and O–H groups in total. The van der Waals surface area contributed by atoms with Gasteiger partial charge in [-0.2, -0.15) is 10.5 Å². The van der Waals surface area contributed by atoms with E-state index in [2.05, 4.69) is 158 Å². The van der Waals surface area contributed by atoms with Crippen molar-refractivity contribution in [1.82, 2.24) is 0 Å². The highest BCUT2D eigenvalue weighted by Crippen LogP contribution is 2.47. The molecule has 60 heavy (non-hydrogen) atoms. The van der Waals surface area contributed by atoms with E-state index in [1.165, 1.54) is 40.3 Å². The summed E-state index contributed by atoms with van der Waals surface area (Å²) >= 11 is 3.66. The molecule has 2 nitrogen and oxygen atoms in total. The molecule has 0 radical (unpaired) electrons. The molecule has 2 aromatic heterocycles. The fourth-order valence-corrected chi connectivity index (χ4v) is 10.9. The molecule has 0 aliphatic carbocycles. The second-order valence-electron chi connectivity index (χ2n) is 15.0. The summed E-state index contributed by atoms with van der Waals surface area (Å²) in [6.07, 6.45) is 0. The van der Waals surface area contributed by atoms with E-state index in [4.69, 9.17) is 0 Å². The summed E-state index contributed by atoms with van der Waals surface area (Å²) in [5, 5.41) is 25.5. The van der Waals surface area contributed by atoms with Crippen molar-refractivity contribution in [3.05, 3.63) is 205 Å². The SMILES string of the molecule is N#Cc1ccccc1-c1cc(-c2cc(-c3ccc4sc5ccccc5c4c3)c(-c3ccccc3)c(-c3ccc4sc5ccccc5c4c3)c2)cc(-c2ccccc2C#N)c1. The van der Waals surface area contributed by atoms with Crippen molar-refractivity contribution in [2.24, 2.45) is 0 Å². The van der Waals surface area contributed by atoms with Crippen molar-refractivity contribution in [2.75, 3.05) is 0 Å². The van der Waals surface area contributed by atoms with Crippen LogP contribution < -0.4 is 0 Å². The number of rotatable bonds is 6. The number of fused-ring (bicyclic) bond motifs is 6. The molecule has 0 bridgehead atoms. The van der Waals surface area contributed by atoms with Crippen molar-refractivity contribution in [3.8, 4) is 78.9 Å². The molecule has 0 aliphatic rings. The molecule has 0 spiro atoms. The first-order valence-corrected chi connectivity index (χ1v) is 21.5. The molecular weight excluding hydrogens is 765 g/mol.